The molecular formula is C18H21N3O3S. The fourth-order valence-corrected chi connectivity index (χ4v) is 1.93. The summed E-state index contributed by atoms with van der Waals surface area (Å²) in [6.45, 7) is 0.893. The maximum absolute atomic E-state index is 5.65. The van der Waals surface area contributed by atoms with Gasteiger partial charge < -0.3 is 19.5 Å². The number of benzene rings is 2. The lowest BCUT2D eigenvalue weighted by atomic mass is 10.2. The Bertz CT molecular complexity index is 705. The summed E-state index contributed by atoms with van der Waals surface area (Å²) in [7, 11) is 3.36. The van der Waals surface area contributed by atoms with Crippen molar-refractivity contribution in [3.05, 3.63) is 54.1 Å². The molecule has 7 heteroatoms. The smallest absolute Gasteiger partial charge is 0.186 e. The molecule has 2 rings (SSSR count). The molecule has 25 heavy (non-hydrogen) atoms. The maximum Gasteiger partial charge on any atom is 0.186 e. The molecule has 2 aromatic rings. The minimum absolute atomic E-state index is 0.446. The van der Waals surface area contributed by atoms with Crippen LogP contribution in [0.25, 0.3) is 0 Å². The highest BCUT2D eigenvalue weighted by Gasteiger charge is 1.98. The molecule has 2 aromatic carbocycles. The van der Waals surface area contributed by atoms with Gasteiger partial charge in [0.15, 0.2) is 5.11 Å². The largest absolute Gasteiger partial charge is 0.497 e. The highest BCUT2D eigenvalue weighted by atomic mass is 32.1. The van der Waals surface area contributed by atoms with Gasteiger partial charge in [0.05, 0.1) is 13.3 Å². The molecule has 0 saturated heterocycles. The third-order valence-corrected chi connectivity index (χ3v) is 3.44. The zero-order chi connectivity index (χ0) is 17.9. The van der Waals surface area contributed by atoms with Crippen LogP contribution in [0.5, 0.6) is 17.2 Å². The molecule has 0 amide bonds. The summed E-state index contributed by atoms with van der Waals surface area (Å²) in [5, 5.41) is 7.26. The monoisotopic (exact) mass is 359 g/mol. The van der Waals surface area contributed by atoms with Crippen LogP contribution in [-0.4, -0.2) is 38.7 Å². The van der Waals surface area contributed by atoms with E-state index in [-0.39, 0.29) is 0 Å². The van der Waals surface area contributed by atoms with Gasteiger partial charge >= 0.3 is 0 Å². The van der Waals surface area contributed by atoms with E-state index in [0.29, 0.717) is 18.3 Å². The van der Waals surface area contributed by atoms with Crippen LogP contribution in [0.4, 0.5) is 0 Å². The van der Waals surface area contributed by atoms with Crippen molar-refractivity contribution < 1.29 is 14.2 Å². The molecule has 0 heterocycles. The molecule has 0 atom stereocenters. The first kappa shape index (κ1) is 18.5. The zero-order valence-electron chi connectivity index (χ0n) is 14.2. The van der Waals surface area contributed by atoms with Gasteiger partial charge in [0.1, 0.15) is 30.5 Å². The van der Waals surface area contributed by atoms with Crippen LogP contribution in [-0.2, 0) is 0 Å². The number of nitrogens with zero attached hydrogens (tertiary/aromatic N) is 1. The standard InChI is InChI=1S/C18H21N3O3S/c1-19-18(25)21-20-13-14-6-8-15(9-7-14)23-10-11-24-17-5-3-4-16(12-17)22-2/h3-9,12-13H,10-11H2,1-2H3,(H2,19,21,25)/b20-13+. The second kappa shape index (κ2) is 10.1. The second-order valence-corrected chi connectivity index (χ2v) is 5.30. The van der Waals surface area contributed by atoms with Gasteiger partial charge in [-0.05, 0) is 54.2 Å². The predicted octanol–water partition coefficient (Wildman–Crippen LogP) is 2.58. The first-order chi connectivity index (χ1) is 12.2. The molecular weight excluding hydrogens is 338 g/mol. The Morgan fingerprint density at radius 3 is 2.40 bits per heavy atom. The van der Waals surface area contributed by atoms with Gasteiger partial charge in [0, 0.05) is 13.1 Å². The lowest BCUT2D eigenvalue weighted by Gasteiger charge is -2.09. The summed E-state index contributed by atoms with van der Waals surface area (Å²) in [5.41, 5.74) is 3.63. The Labute approximate surface area is 152 Å². The van der Waals surface area contributed by atoms with Crippen LogP contribution in [0.2, 0.25) is 0 Å². The number of hydrogen-bond donors (Lipinski definition) is 2. The van der Waals surface area contributed by atoms with Crippen LogP contribution in [0.3, 0.4) is 0 Å². The molecule has 0 spiro atoms. The van der Waals surface area contributed by atoms with Gasteiger partial charge in [0.25, 0.3) is 0 Å². The van der Waals surface area contributed by atoms with Gasteiger partial charge in [-0.15, -0.1) is 0 Å². The zero-order valence-corrected chi connectivity index (χ0v) is 15.0. The summed E-state index contributed by atoms with van der Waals surface area (Å²) < 4.78 is 16.4. The molecule has 0 aromatic heterocycles. The van der Waals surface area contributed by atoms with Crippen LogP contribution >= 0.6 is 12.2 Å². The maximum atomic E-state index is 5.65. The van der Waals surface area contributed by atoms with Crippen LogP contribution in [0, 0.1) is 0 Å². The quantitative estimate of drug-likeness (QED) is 0.327. The number of nitrogens with one attached hydrogen (secondary N) is 2. The first-order valence-corrected chi connectivity index (χ1v) is 8.12. The fraction of sp³-hybridized carbons (Fsp3) is 0.222. The van der Waals surface area contributed by atoms with Crippen molar-refractivity contribution in [2.45, 2.75) is 0 Å². The van der Waals surface area contributed by atoms with Crippen molar-refractivity contribution >= 4 is 23.5 Å². The molecule has 0 aliphatic rings. The van der Waals surface area contributed by atoms with Crippen molar-refractivity contribution in [3.8, 4) is 17.2 Å². The summed E-state index contributed by atoms with van der Waals surface area (Å²) in [6, 6.07) is 15.0. The molecule has 0 fully saturated rings. The number of hydrazone groups is 1. The average molecular weight is 359 g/mol. The Kier molecular flexibility index (Phi) is 7.52. The number of ether oxygens (including phenoxy) is 3. The van der Waals surface area contributed by atoms with Crippen LogP contribution < -0.4 is 25.0 Å². The van der Waals surface area contributed by atoms with E-state index in [0.717, 1.165) is 22.8 Å². The normalized spacial score (nSPS) is 10.3. The van der Waals surface area contributed by atoms with E-state index in [1.54, 1.807) is 20.4 Å². The van der Waals surface area contributed by atoms with Crippen molar-refractivity contribution in [2.24, 2.45) is 5.10 Å². The molecule has 2 N–H and O–H groups in total. The molecule has 0 aliphatic heterocycles. The summed E-state index contributed by atoms with van der Waals surface area (Å²) in [6.07, 6.45) is 1.68. The van der Waals surface area contributed by atoms with E-state index >= 15 is 0 Å². The number of rotatable bonds is 8. The lowest BCUT2D eigenvalue weighted by molar-refractivity contribution is 0.216. The van der Waals surface area contributed by atoms with E-state index in [4.69, 9.17) is 26.4 Å². The Balaban J connectivity index is 1.73. The van der Waals surface area contributed by atoms with Crippen molar-refractivity contribution in [3.63, 3.8) is 0 Å². The van der Waals surface area contributed by atoms with Gasteiger partial charge in [-0.1, -0.05) is 6.07 Å². The topological polar surface area (TPSA) is 64.1 Å². The van der Waals surface area contributed by atoms with E-state index in [1.165, 1.54) is 0 Å². The average Bonchev–Trinajstić information content (AvgIpc) is 2.66. The van der Waals surface area contributed by atoms with E-state index < -0.39 is 0 Å². The summed E-state index contributed by atoms with van der Waals surface area (Å²) in [5.74, 6) is 2.28. The molecule has 0 saturated carbocycles. The van der Waals surface area contributed by atoms with Crippen LogP contribution in [0.1, 0.15) is 5.56 Å². The third kappa shape index (κ3) is 6.68. The minimum atomic E-state index is 0.446. The Morgan fingerprint density at radius 1 is 1.04 bits per heavy atom. The highest BCUT2D eigenvalue weighted by Crippen LogP contribution is 2.18. The first-order valence-electron chi connectivity index (χ1n) is 7.72. The molecule has 0 bridgehead atoms. The van der Waals surface area contributed by atoms with Gasteiger partial charge in [-0.3, -0.25) is 5.43 Å². The number of hydrogen-bond acceptors (Lipinski definition) is 5. The molecule has 0 unspecified atom stereocenters. The van der Waals surface area contributed by atoms with Crippen molar-refractivity contribution in [1.82, 2.24) is 10.7 Å². The number of thiocarbonyl (C=S) groups is 1. The number of methoxy groups -OCH3 is 1. The predicted molar refractivity (Wildman–Crippen MR) is 103 cm³/mol. The summed E-state index contributed by atoms with van der Waals surface area (Å²) >= 11 is 4.93. The third-order valence-electron chi connectivity index (χ3n) is 3.15. The Hall–Kier alpha value is -2.80. The molecule has 0 radical (unpaired) electrons. The van der Waals surface area contributed by atoms with Gasteiger partial charge in [-0.25, -0.2) is 0 Å². The molecule has 132 valence electrons. The van der Waals surface area contributed by atoms with Crippen molar-refractivity contribution in [2.75, 3.05) is 27.4 Å². The van der Waals surface area contributed by atoms with E-state index in [1.807, 2.05) is 48.5 Å². The molecule has 0 aliphatic carbocycles. The van der Waals surface area contributed by atoms with Gasteiger partial charge in [-0.2, -0.15) is 5.10 Å². The SMILES string of the molecule is CNC(=S)N/N=C/c1ccc(OCCOc2cccc(OC)c2)cc1. The molecule has 6 nitrogen and oxygen atoms in total. The summed E-state index contributed by atoms with van der Waals surface area (Å²) in [4.78, 5) is 0. The van der Waals surface area contributed by atoms with Crippen LogP contribution in [0.15, 0.2) is 53.6 Å². The second-order valence-electron chi connectivity index (χ2n) is 4.89. The van der Waals surface area contributed by atoms with E-state index in [9.17, 15) is 0 Å². The fourth-order valence-electron chi connectivity index (χ4n) is 1.88. The minimum Gasteiger partial charge on any atom is -0.497 e. The van der Waals surface area contributed by atoms with Crippen molar-refractivity contribution in [1.29, 1.82) is 0 Å². The highest BCUT2D eigenvalue weighted by molar-refractivity contribution is 7.80. The lowest BCUT2D eigenvalue weighted by Crippen LogP contribution is -2.28. The van der Waals surface area contributed by atoms with Gasteiger partial charge in [0.2, 0.25) is 0 Å². The Morgan fingerprint density at radius 2 is 1.72 bits per heavy atom. The van der Waals surface area contributed by atoms with E-state index in [2.05, 4.69) is 15.8 Å².